The first-order valence-electron chi connectivity index (χ1n) is 4.43. The second-order valence-electron chi connectivity index (χ2n) is 4.03. The maximum absolute atomic E-state index is 5.87. The lowest BCUT2D eigenvalue weighted by atomic mass is 10.4. The summed E-state index contributed by atoms with van der Waals surface area (Å²) in [5.74, 6) is 0.732. The smallest absolute Gasteiger partial charge is 0.244 e. The van der Waals surface area contributed by atoms with Gasteiger partial charge in [0.15, 0.2) is 0 Å². The molecule has 0 N–H and O–H groups in total. The Kier molecular flexibility index (Phi) is 2.28. The Morgan fingerprint density at radius 3 is 2.79 bits per heavy atom. The van der Waals surface area contributed by atoms with E-state index in [0.29, 0.717) is 0 Å². The molecule has 0 amide bonds. The summed E-state index contributed by atoms with van der Waals surface area (Å²) in [7, 11) is -1.57. The number of hydrogen-bond acceptors (Lipinski definition) is 4. The van der Waals surface area contributed by atoms with Crippen LogP contribution in [0.5, 0.6) is 5.88 Å². The lowest BCUT2D eigenvalue weighted by Crippen LogP contribution is -2.29. The molecule has 0 saturated heterocycles. The van der Waals surface area contributed by atoms with Crippen LogP contribution >= 0.6 is 11.3 Å². The highest BCUT2D eigenvalue weighted by Gasteiger charge is 2.18. The summed E-state index contributed by atoms with van der Waals surface area (Å²) >= 11 is 1.61. The van der Waals surface area contributed by atoms with Crippen LogP contribution in [0.15, 0.2) is 17.8 Å². The first-order valence-corrected chi connectivity index (χ1v) is 8.72. The first-order chi connectivity index (χ1) is 6.56. The molecule has 0 atom stereocenters. The van der Waals surface area contributed by atoms with Gasteiger partial charge in [0.1, 0.15) is 11.2 Å². The minimum Gasteiger partial charge on any atom is -0.531 e. The van der Waals surface area contributed by atoms with E-state index in [4.69, 9.17) is 4.43 Å². The second-order valence-corrected chi connectivity index (χ2v) is 9.36. The summed E-state index contributed by atoms with van der Waals surface area (Å²) in [6, 6.07) is 2.01. The predicted octanol–water partition coefficient (Wildman–Crippen LogP) is 2.91. The van der Waals surface area contributed by atoms with Gasteiger partial charge in [-0.1, -0.05) is 0 Å². The molecular weight excluding hydrogens is 212 g/mol. The zero-order chi connectivity index (χ0) is 10.2. The summed E-state index contributed by atoms with van der Waals surface area (Å²) in [6.45, 7) is 6.44. The van der Waals surface area contributed by atoms with Gasteiger partial charge in [-0.15, -0.1) is 11.3 Å². The molecule has 0 aromatic carbocycles. The number of nitrogens with zero attached hydrogens (tertiary/aromatic N) is 2. The van der Waals surface area contributed by atoms with Crippen LogP contribution in [0.3, 0.4) is 0 Å². The van der Waals surface area contributed by atoms with Crippen molar-refractivity contribution in [2.45, 2.75) is 19.6 Å². The summed E-state index contributed by atoms with van der Waals surface area (Å²) in [5.41, 5.74) is 0. The second kappa shape index (κ2) is 3.32. The molecule has 2 aromatic heterocycles. The molecule has 2 heterocycles. The van der Waals surface area contributed by atoms with E-state index in [-0.39, 0.29) is 0 Å². The molecule has 0 aliphatic heterocycles. The Bertz CT molecular complexity index is 449. The van der Waals surface area contributed by atoms with Gasteiger partial charge in [-0.3, -0.25) is 0 Å². The van der Waals surface area contributed by atoms with E-state index in [9.17, 15) is 0 Å². The van der Waals surface area contributed by atoms with Gasteiger partial charge < -0.3 is 4.43 Å². The highest BCUT2D eigenvalue weighted by Crippen LogP contribution is 2.27. The molecule has 0 fully saturated rings. The molecule has 14 heavy (non-hydrogen) atoms. The van der Waals surface area contributed by atoms with E-state index in [0.717, 1.165) is 16.1 Å². The van der Waals surface area contributed by atoms with Gasteiger partial charge in [0.2, 0.25) is 14.2 Å². The third-order valence-electron chi connectivity index (χ3n) is 1.63. The van der Waals surface area contributed by atoms with Crippen molar-refractivity contribution in [1.29, 1.82) is 0 Å². The average Bonchev–Trinajstić information content (AvgIpc) is 2.49. The van der Waals surface area contributed by atoms with Crippen LogP contribution in [-0.4, -0.2) is 18.3 Å². The molecule has 5 heteroatoms. The number of thiophene rings is 1. The molecular formula is C9H12N2OSSi. The van der Waals surface area contributed by atoms with Crippen molar-refractivity contribution in [1.82, 2.24) is 9.97 Å². The topological polar surface area (TPSA) is 35.0 Å². The number of rotatable bonds is 2. The van der Waals surface area contributed by atoms with Crippen molar-refractivity contribution in [2.24, 2.45) is 0 Å². The van der Waals surface area contributed by atoms with Crippen LogP contribution < -0.4 is 4.43 Å². The van der Waals surface area contributed by atoms with Gasteiger partial charge >= 0.3 is 0 Å². The largest absolute Gasteiger partial charge is 0.531 e. The van der Waals surface area contributed by atoms with Gasteiger partial charge in [0, 0.05) is 0 Å². The van der Waals surface area contributed by atoms with Crippen LogP contribution in [-0.2, 0) is 0 Å². The molecule has 2 rings (SSSR count). The maximum atomic E-state index is 5.87. The van der Waals surface area contributed by atoms with E-state index in [1.165, 1.54) is 0 Å². The Labute approximate surface area is 87.9 Å². The lowest BCUT2D eigenvalue weighted by Gasteiger charge is -2.18. The van der Waals surface area contributed by atoms with Crippen molar-refractivity contribution < 1.29 is 4.43 Å². The molecule has 0 aliphatic rings. The van der Waals surface area contributed by atoms with Crippen molar-refractivity contribution in [2.75, 3.05) is 0 Å². The fourth-order valence-electron chi connectivity index (χ4n) is 1.14. The zero-order valence-electron chi connectivity index (χ0n) is 8.44. The Morgan fingerprint density at radius 2 is 2.07 bits per heavy atom. The van der Waals surface area contributed by atoms with Crippen molar-refractivity contribution in [3.63, 3.8) is 0 Å². The normalized spacial score (nSPS) is 11.9. The summed E-state index contributed by atoms with van der Waals surface area (Å²) in [5, 5.41) is 3.04. The summed E-state index contributed by atoms with van der Waals surface area (Å²) in [6.07, 6.45) is 1.56. The van der Waals surface area contributed by atoms with Crippen molar-refractivity contribution in [3.8, 4) is 5.88 Å². The van der Waals surface area contributed by atoms with Gasteiger partial charge in [0.05, 0.1) is 5.39 Å². The fourth-order valence-corrected chi connectivity index (χ4v) is 2.60. The van der Waals surface area contributed by atoms with Crippen LogP contribution in [0.2, 0.25) is 19.6 Å². The van der Waals surface area contributed by atoms with Crippen LogP contribution in [0.1, 0.15) is 0 Å². The molecule has 3 nitrogen and oxygen atoms in total. The molecule has 2 aromatic rings. The SMILES string of the molecule is C[Si](C)(C)Oc1ncnc2sccc12. The third kappa shape index (κ3) is 1.93. The monoisotopic (exact) mass is 224 g/mol. The highest BCUT2D eigenvalue weighted by atomic mass is 32.1. The van der Waals surface area contributed by atoms with Gasteiger partial charge in [0.25, 0.3) is 0 Å². The minimum atomic E-state index is -1.57. The number of hydrogen-bond donors (Lipinski definition) is 0. The summed E-state index contributed by atoms with van der Waals surface area (Å²) in [4.78, 5) is 9.34. The van der Waals surface area contributed by atoms with Crippen LogP contribution in [0.25, 0.3) is 10.2 Å². The molecule has 0 spiro atoms. The fraction of sp³-hybridized carbons (Fsp3) is 0.333. The van der Waals surface area contributed by atoms with E-state index >= 15 is 0 Å². The summed E-state index contributed by atoms with van der Waals surface area (Å²) < 4.78 is 5.87. The quantitative estimate of drug-likeness (QED) is 0.736. The average molecular weight is 224 g/mol. The lowest BCUT2D eigenvalue weighted by molar-refractivity contribution is 0.540. The number of aromatic nitrogens is 2. The molecule has 0 unspecified atom stereocenters. The van der Waals surface area contributed by atoms with E-state index < -0.39 is 8.32 Å². The van der Waals surface area contributed by atoms with Gasteiger partial charge in [-0.25, -0.2) is 9.97 Å². The zero-order valence-corrected chi connectivity index (χ0v) is 10.3. The molecule has 0 saturated carbocycles. The maximum Gasteiger partial charge on any atom is 0.244 e. The third-order valence-corrected chi connectivity index (χ3v) is 3.25. The van der Waals surface area contributed by atoms with Gasteiger partial charge in [-0.05, 0) is 31.1 Å². The Morgan fingerprint density at radius 1 is 1.29 bits per heavy atom. The first kappa shape index (κ1) is 9.61. The van der Waals surface area contributed by atoms with E-state index in [1.54, 1.807) is 17.7 Å². The standard InChI is InChI=1S/C9H12N2OSSi/c1-14(2,3)12-8-7-4-5-13-9(7)11-6-10-8/h4-6H,1-3H3. The number of fused-ring (bicyclic) bond motifs is 1. The molecule has 74 valence electrons. The van der Waals surface area contributed by atoms with Gasteiger partial charge in [-0.2, -0.15) is 0 Å². The Hall–Kier alpha value is -0.943. The molecule has 0 radical (unpaired) electrons. The predicted molar refractivity (Wildman–Crippen MR) is 61.4 cm³/mol. The molecule has 0 bridgehead atoms. The van der Waals surface area contributed by atoms with E-state index in [1.807, 2.05) is 11.4 Å². The highest BCUT2D eigenvalue weighted by molar-refractivity contribution is 7.16. The van der Waals surface area contributed by atoms with Crippen molar-refractivity contribution in [3.05, 3.63) is 17.8 Å². The molecule has 0 aliphatic carbocycles. The van der Waals surface area contributed by atoms with Crippen LogP contribution in [0, 0.1) is 0 Å². The minimum absolute atomic E-state index is 0.732. The Balaban J connectivity index is 2.46. The van der Waals surface area contributed by atoms with Crippen LogP contribution in [0.4, 0.5) is 0 Å². The van der Waals surface area contributed by atoms with Crippen molar-refractivity contribution >= 4 is 29.9 Å². The van der Waals surface area contributed by atoms with E-state index in [2.05, 4.69) is 29.6 Å².